The molecule has 0 bridgehead atoms. The van der Waals surface area contributed by atoms with Crippen LogP contribution in [0.25, 0.3) is 0 Å². The molecule has 57 heavy (non-hydrogen) atoms. The molecule has 17 nitrogen and oxygen atoms in total. The molecule has 0 aromatic heterocycles. The van der Waals surface area contributed by atoms with Crippen LogP contribution in [-0.2, 0) is 44.0 Å². The zero-order valence-electron chi connectivity index (χ0n) is 34.0. The van der Waals surface area contributed by atoms with Crippen molar-refractivity contribution in [2.75, 3.05) is 20.2 Å². The van der Waals surface area contributed by atoms with Crippen molar-refractivity contribution in [3.8, 4) is 5.75 Å². The smallest absolute Gasteiger partial charge is 0.508 e. The van der Waals surface area contributed by atoms with Gasteiger partial charge in [0.25, 0.3) is 0 Å². The lowest BCUT2D eigenvalue weighted by Crippen LogP contribution is -2.58. The van der Waals surface area contributed by atoms with E-state index in [0.29, 0.717) is 5.56 Å². The number of nitrogens with two attached hydrogens (primary N) is 2. The molecule has 0 spiro atoms. The van der Waals surface area contributed by atoms with Crippen molar-refractivity contribution in [3.05, 3.63) is 42.0 Å². The monoisotopic (exact) mass is 826 g/mol. The van der Waals surface area contributed by atoms with E-state index in [1.165, 1.54) is 83.5 Å². The van der Waals surface area contributed by atoms with Crippen molar-refractivity contribution in [1.29, 1.82) is 0 Å². The normalized spacial score (nSPS) is 15.7. The number of ketones is 1. The molecular weight excluding hydrogens is 759 g/mol. The molecule has 3 amide bonds. The van der Waals surface area contributed by atoms with Crippen LogP contribution in [-0.4, -0.2) is 101 Å². The molecule has 1 aromatic carbocycles. The number of amides is 3. The molecule has 0 saturated heterocycles. The van der Waals surface area contributed by atoms with E-state index in [0.717, 1.165) is 32.6 Å². The van der Waals surface area contributed by atoms with Crippen LogP contribution in [0.15, 0.2) is 36.4 Å². The number of aliphatic hydroxyl groups excluding tert-OH is 1. The van der Waals surface area contributed by atoms with E-state index in [1.807, 2.05) is 0 Å². The van der Waals surface area contributed by atoms with E-state index < -0.39 is 86.6 Å². The largest absolute Gasteiger partial charge is 0.529 e. The van der Waals surface area contributed by atoms with Crippen LogP contribution in [0.2, 0.25) is 0 Å². The first-order chi connectivity index (χ1) is 27.0. The number of phosphoric acid groups is 1. The van der Waals surface area contributed by atoms with Crippen LogP contribution in [0.1, 0.15) is 110 Å². The van der Waals surface area contributed by atoms with Crippen molar-refractivity contribution in [1.82, 2.24) is 21.3 Å². The fraction of sp³-hybridized carbons (Fsp3) is 0.667. The van der Waals surface area contributed by atoms with Gasteiger partial charge in [0.05, 0.1) is 37.3 Å². The summed E-state index contributed by atoms with van der Waals surface area (Å²) in [4.78, 5) is 74.0. The van der Waals surface area contributed by atoms with E-state index in [2.05, 4.69) is 32.7 Å². The van der Waals surface area contributed by atoms with Gasteiger partial charge in [-0.3, -0.25) is 33.4 Å². The third kappa shape index (κ3) is 22.7. The highest BCUT2D eigenvalue weighted by molar-refractivity contribution is 7.48. The number of nitrogens with one attached hydrogen (secondary N) is 4. The lowest BCUT2D eigenvalue weighted by Gasteiger charge is -2.24. The molecule has 0 fully saturated rings. The second kappa shape index (κ2) is 28.7. The number of aromatic hydroxyl groups is 1. The number of carbonyl (C=O) groups is 5. The summed E-state index contributed by atoms with van der Waals surface area (Å²) in [6, 6.07) is 0.0403. The van der Waals surface area contributed by atoms with Gasteiger partial charge in [-0.25, -0.2) is 4.57 Å². The minimum Gasteiger partial charge on any atom is -0.508 e. The molecule has 0 aliphatic rings. The van der Waals surface area contributed by atoms with Gasteiger partial charge < -0.3 is 47.5 Å². The minimum absolute atomic E-state index is 0.00188. The van der Waals surface area contributed by atoms with Crippen LogP contribution in [0.3, 0.4) is 0 Å². The van der Waals surface area contributed by atoms with Gasteiger partial charge in [-0.2, -0.15) is 0 Å². The highest BCUT2D eigenvalue weighted by Gasteiger charge is 2.32. The molecule has 0 heterocycles. The van der Waals surface area contributed by atoms with Crippen LogP contribution >= 0.6 is 7.82 Å². The Bertz CT molecular complexity index is 1440. The number of phenols is 1. The number of phosphoric ester groups is 1. The number of unbranched alkanes of at least 4 members (excludes halogenated alkanes) is 11. The van der Waals surface area contributed by atoms with E-state index in [4.69, 9.17) is 16.0 Å². The van der Waals surface area contributed by atoms with Crippen molar-refractivity contribution >= 4 is 37.3 Å². The van der Waals surface area contributed by atoms with E-state index in [9.17, 15) is 43.6 Å². The Morgan fingerprint density at radius 3 is 1.93 bits per heavy atom. The predicted molar refractivity (Wildman–Crippen MR) is 217 cm³/mol. The first-order valence-electron chi connectivity index (χ1n) is 19.9. The topological polar surface area (TPSA) is 282 Å². The zero-order chi connectivity index (χ0) is 42.8. The minimum atomic E-state index is -5.03. The van der Waals surface area contributed by atoms with Gasteiger partial charge in [0.15, 0.2) is 5.78 Å². The Kier molecular flexibility index (Phi) is 25.8. The summed E-state index contributed by atoms with van der Waals surface area (Å²) in [7, 11) is -3.51. The van der Waals surface area contributed by atoms with Crippen LogP contribution in [0.4, 0.5) is 0 Å². The number of hydrogen-bond donors (Lipinski definition) is 9. The number of likely N-dealkylation sites (N-methyl/N-ethyl adjacent to an activating group) is 1. The SMILES string of the molecule is CCCCCCCCCCCCC/C=C/[C@H](O)[C@H](N)COP(=O)(O)OC(=O)CC(NC(=O)C(C)NC(=O)C(Cc1ccc(O)cc1)NC(=O)C(CN)NC)C(C)=O. The molecular formula is C39H67N6O11P. The number of carbonyl (C=O) groups excluding carboxylic acids is 5. The maximum absolute atomic E-state index is 13.3. The predicted octanol–water partition coefficient (Wildman–Crippen LogP) is 2.54. The summed E-state index contributed by atoms with van der Waals surface area (Å²) in [5.41, 5.74) is 12.1. The van der Waals surface area contributed by atoms with Crippen molar-refractivity contribution in [2.24, 2.45) is 11.5 Å². The second-order valence-corrected chi connectivity index (χ2v) is 15.6. The Balaban J connectivity index is 2.60. The molecule has 0 aliphatic carbocycles. The summed E-state index contributed by atoms with van der Waals surface area (Å²) in [5.74, 6) is -4.27. The van der Waals surface area contributed by atoms with Crippen molar-refractivity contribution < 1.29 is 52.7 Å². The van der Waals surface area contributed by atoms with Crippen LogP contribution < -0.4 is 32.7 Å². The standard InChI is InChI=1S/C39H67N6O11P/c1-5-6-7-8-9-10-11-12-13-14-15-16-17-18-35(48)31(41)26-55-57(53,54)56-36(49)24-32(28(3)46)44-37(50)27(2)43-38(51)33(45-39(52)34(25-40)42-4)23-29-19-21-30(47)22-20-29/h17-22,27,31-35,42,47-48H,5-16,23-26,40-41H2,1-4H3,(H,43,51)(H,44,50)(H,45,52)(H,53,54)/b18-17+/t27?,31-,32?,33?,34?,35+/m1/s1. The van der Waals surface area contributed by atoms with Gasteiger partial charge in [-0.1, -0.05) is 95.4 Å². The van der Waals surface area contributed by atoms with Gasteiger partial charge in [-0.05, 0) is 51.4 Å². The number of aliphatic hydroxyl groups is 1. The number of allylic oxidation sites excluding steroid dienone is 1. The van der Waals surface area contributed by atoms with Crippen LogP contribution in [0, 0.1) is 0 Å². The van der Waals surface area contributed by atoms with Crippen molar-refractivity contribution in [2.45, 2.75) is 147 Å². The molecule has 18 heteroatoms. The third-order valence-electron chi connectivity index (χ3n) is 9.23. The molecule has 1 rings (SSSR count). The van der Waals surface area contributed by atoms with E-state index in [1.54, 1.807) is 18.2 Å². The lowest BCUT2D eigenvalue weighted by atomic mass is 10.0. The Morgan fingerprint density at radius 2 is 1.39 bits per heavy atom. The third-order valence-corrected chi connectivity index (χ3v) is 10.1. The van der Waals surface area contributed by atoms with Gasteiger partial charge in [0.1, 0.15) is 17.8 Å². The van der Waals surface area contributed by atoms with Gasteiger partial charge in [0.2, 0.25) is 17.7 Å². The van der Waals surface area contributed by atoms with Gasteiger partial charge in [0, 0.05) is 13.0 Å². The molecule has 7 atom stereocenters. The number of phenolic OH excluding ortho intramolecular Hbond substituents is 1. The summed E-state index contributed by atoms with van der Waals surface area (Å²) in [6.45, 7) is 3.90. The van der Waals surface area contributed by atoms with Crippen LogP contribution in [0.5, 0.6) is 5.75 Å². The second-order valence-electron chi connectivity index (χ2n) is 14.2. The van der Waals surface area contributed by atoms with Crippen molar-refractivity contribution in [3.63, 3.8) is 0 Å². The molecule has 324 valence electrons. The first-order valence-corrected chi connectivity index (χ1v) is 21.4. The number of benzene rings is 1. The Morgan fingerprint density at radius 1 is 0.842 bits per heavy atom. The fourth-order valence-corrected chi connectivity index (χ4v) is 6.37. The first kappa shape index (κ1) is 51.3. The number of Topliss-reactive ketones (excluding diaryl/α,β-unsaturated/α-hetero) is 1. The highest BCUT2D eigenvalue weighted by atomic mass is 31.2. The maximum atomic E-state index is 13.3. The lowest BCUT2D eigenvalue weighted by molar-refractivity contribution is -0.139. The van der Waals surface area contributed by atoms with E-state index >= 15 is 0 Å². The molecule has 0 saturated carbocycles. The quantitative estimate of drug-likeness (QED) is 0.0296. The summed E-state index contributed by atoms with van der Waals surface area (Å²) < 4.78 is 21.8. The summed E-state index contributed by atoms with van der Waals surface area (Å²) in [6.07, 6.45) is 15.4. The number of rotatable bonds is 31. The molecule has 1 aromatic rings. The number of hydrogen-bond acceptors (Lipinski definition) is 13. The summed E-state index contributed by atoms with van der Waals surface area (Å²) >= 11 is 0. The Labute approximate surface area is 337 Å². The average molecular weight is 827 g/mol. The highest BCUT2D eigenvalue weighted by Crippen LogP contribution is 2.43. The van der Waals surface area contributed by atoms with Gasteiger partial charge in [-0.15, -0.1) is 0 Å². The molecule has 0 aliphatic heterocycles. The fourth-order valence-electron chi connectivity index (χ4n) is 5.62. The molecule has 11 N–H and O–H groups in total. The average Bonchev–Trinajstić information content (AvgIpc) is 3.16. The summed E-state index contributed by atoms with van der Waals surface area (Å²) in [5, 5.41) is 30.0. The van der Waals surface area contributed by atoms with Gasteiger partial charge >= 0.3 is 13.8 Å². The molecule has 0 radical (unpaired) electrons. The maximum Gasteiger partial charge on any atom is 0.529 e. The van der Waals surface area contributed by atoms with E-state index in [-0.39, 0.29) is 18.7 Å². The Hall–Kier alpha value is -3.70. The zero-order valence-corrected chi connectivity index (χ0v) is 34.8. The molecule has 5 unspecified atom stereocenters.